The van der Waals surface area contributed by atoms with Crippen molar-refractivity contribution < 1.29 is 13.9 Å². The third-order valence-electron chi connectivity index (χ3n) is 4.30. The van der Waals surface area contributed by atoms with E-state index in [9.17, 15) is 4.79 Å². The maximum atomic E-state index is 12.5. The van der Waals surface area contributed by atoms with Crippen LogP contribution in [0.2, 0.25) is 0 Å². The van der Waals surface area contributed by atoms with Gasteiger partial charge in [0, 0.05) is 31.2 Å². The number of carbonyl (C=O) groups excluding carboxylic acids is 1. The second-order valence-electron chi connectivity index (χ2n) is 6.16. The van der Waals surface area contributed by atoms with Crippen molar-refractivity contribution in [1.82, 2.24) is 15.1 Å². The van der Waals surface area contributed by atoms with E-state index in [1.807, 2.05) is 36.1 Å². The normalized spacial score (nSPS) is 17.2. The number of likely N-dealkylation sites (tertiary alicyclic amines) is 1. The molecule has 0 spiro atoms. The number of amides is 1. The standard InChI is InChI=1S/C18H24N4O3S/c1-3-16-20-21-18(25-16)26-12-17(23)22-10-4-5-14(11-22)19-13-6-8-15(24-2)9-7-13/h6-9,14,19H,3-5,10-12H2,1-2H3. The Kier molecular flexibility index (Phi) is 6.38. The van der Waals surface area contributed by atoms with Gasteiger partial charge in [-0.1, -0.05) is 18.7 Å². The molecular weight excluding hydrogens is 352 g/mol. The fourth-order valence-corrected chi connectivity index (χ4v) is 3.58. The van der Waals surface area contributed by atoms with Crippen LogP contribution in [0.25, 0.3) is 0 Å². The number of anilines is 1. The minimum absolute atomic E-state index is 0.104. The van der Waals surface area contributed by atoms with E-state index in [1.54, 1.807) is 7.11 Å². The van der Waals surface area contributed by atoms with Crippen molar-refractivity contribution in [2.45, 2.75) is 37.5 Å². The SMILES string of the molecule is CCc1nnc(SCC(=O)N2CCCC(Nc3ccc(OC)cc3)C2)o1. The fraction of sp³-hybridized carbons (Fsp3) is 0.500. The number of thioether (sulfide) groups is 1. The summed E-state index contributed by atoms with van der Waals surface area (Å²) in [5.41, 5.74) is 1.04. The average Bonchev–Trinajstić information content (AvgIpc) is 3.15. The Hall–Kier alpha value is -2.22. The number of benzene rings is 1. The van der Waals surface area contributed by atoms with Crippen LogP contribution in [-0.2, 0) is 11.2 Å². The predicted octanol–water partition coefficient (Wildman–Crippen LogP) is 2.84. The predicted molar refractivity (Wildman–Crippen MR) is 101 cm³/mol. The zero-order valence-electron chi connectivity index (χ0n) is 15.1. The van der Waals surface area contributed by atoms with Crippen LogP contribution < -0.4 is 10.1 Å². The minimum atomic E-state index is 0.104. The second-order valence-corrected chi connectivity index (χ2v) is 7.08. The number of nitrogens with zero attached hydrogens (tertiary/aromatic N) is 3. The molecule has 2 heterocycles. The van der Waals surface area contributed by atoms with Crippen molar-refractivity contribution in [2.24, 2.45) is 0 Å². The zero-order valence-corrected chi connectivity index (χ0v) is 15.9. The lowest BCUT2D eigenvalue weighted by molar-refractivity contribution is -0.129. The number of hydrogen-bond donors (Lipinski definition) is 1. The molecule has 7 nitrogen and oxygen atoms in total. The van der Waals surface area contributed by atoms with Crippen molar-refractivity contribution in [3.63, 3.8) is 0 Å². The van der Waals surface area contributed by atoms with Crippen molar-refractivity contribution in [3.05, 3.63) is 30.2 Å². The molecule has 1 aliphatic rings. The van der Waals surface area contributed by atoms with E-state index in [1.165, 1.54) is 11.8 Å². The molecule has 2 aromatic rings. The van der Waals surface area contributed by atoms with Gasteiger partial charge in [-0.25, -0.2) is 0 Å². The lowest BCUT2D eigenvalue weighted by Crippen LogP contribution is -2.45. The van der Waals surface area contributed by atoms with Crippen LogP contribution in [0.5, 0.6) is 5.75 Å². The Morgan fingerprint density at radius 3 is 2.88 bits per heavy atom. The van der Waals surface area contributed by atoms with Gasteiger partial charge in [0.15, 0.2) is 0 Å². The van der Waals surface area contributed by atoms with E-state index in [-0.39, 0.29) is 11.9 Å². The van der Waals surface area contributed by atoms with E-state index >= 15 is 0 Å². The molecule has 3 rings (SSSR count). The largest absolute Gasteiger partial charge is 0.497 e. The number of aryl methyl sites for hydroxylation is 1. The highest BCUT2D eigenvalue weighted by Crippen LogP contribution is 2.21. The number of carbonyl (C=O) groups is 1. The van der Waals surface area contributed by atoms with Crippen LogP contribution in [0.4, 0.5) is 5.69 Å². The first kappa shape index (κ1) is 18.6. The Labute approximate surface area is 157 Å². The highest BCUT2D eigenvalue weighted by molar-refractivity contribution is 7.99. The van der Waals surface area contributed by atoms with Crippen molar-refractivity contribution in [3.8, 4) is 5.75 Å². The summed E-state index contributed by atoms with van der Waals surface area (Å²) < 4.78 is 10.6. The van der Waals surface area contributed by atoms with E-state index in [0.29, 0.717) is 29.8 Å². The molecule has 1 atom stereocenters. The third kappa shape index (κ3) is 4.91. The van der Waals surface area contributed by atoms with Crippen LogP contribution in [0, 0.1) is 0 Å². The maximum Gasteiger partial charge on any atom is 0.277 e. The topological polar surface area (TPSA) is 80.5 Å². The molecule has 8 heteroatoms. The quantitative estimate of drug-likeness (QED) is 0.744. The van der Waals surface area contributed by atoms with E-state index in [2.05, 4.69) is 15.5 Å². The van der Waals surface area contributed by atoms with E-state index in [4.69, 9.17) is 9.15 Å². The fourth-order valence-electron chi connectivity index (χ4n) is 2.90. The molecule has 0 aliphatic carbocycles. The lowest BCUT2D eigenvalue weighted by atomic mass is 10.1. The van der Waals surface area contributed by atoms with Gasteiger partial charge in [0.2, 0.25) is 11.8 Å². The molecule has 1 aromatic heterocycles. The molecule has 1 aliphatic heterocycles. The summed E-state index contributed by atoms with van der Waals surface area (Å²) in [6, 6.07) is 8.10. The van der Waals surface area contributed by atoms with Crippen LogP contribution in [0.3, 0.4) is 0 Å². The third-order valence-corrected chi connectivity index (χ3v) is 5.11. The number of piperidine rings is 1. The summed E-state index contributed by atoms with van der Waals surface area (Å²) in [5.74, 6) is 1.86. The Bertz CT molecular complexity index is 719. The number of rotatable bonds is 7. The van der Waals surface area contributed by atoms with Gasteiger partial charge in [0.05, 0.1) is 12.9 Å². The first-order valence-corrected chi connectivity index (χ1v) is 9.80. The van der Waals surface area contributed by atoms with Crippen LogP contribution in [0.15, 0.2) is 33.9 Å². The molecule has 1 unspecified atom stereocenters. The van der Waals surface area contributed by atoms with Crippen molar-refractivity contribution >= 4 is 23.4 Å². The number of nitrogens with one attached hydrogen (secondary N) is 1. The monoisotopic (exact) mass is 376 g/mol. The summed E-state index contributed by atoms with van der Waals surface area (Å²) >= 11 is 1.30. The summed E-state index contributed by atoms with van der Waals surface area (Å²) in [7, 11) is 1.66. The number of ether oxygens (including phenoxy) is 1. The first-order chi connectivity index (χ1) is 12.7. The van der Waals surface area contributed by atoms with Gasteiger partial charge < -0.3 is 19.4 Å². The van der Waals surface area contributed by atoms with Crippen LogP contribution in [0.1, 0.15) is 25.7 Å². The molecule has 1 aromatic carbocycles. The molecular formula is C18H24N4O3S. The van der Waals surface area contributed by atoms with Crippen LogP contribution >= 0.6 is 11.8 Å². The number of aromatic nitrogens is 2. The molecule has 140 valence electrons. The van der Waals surface area contributed by atoms with Crippen molar-refractivity contribution in [2.75, 3.05) is 31.3 Å². The lowest BCUT2D eigenvalue weighted by Gasteiger charge is -2.33. The highest BCUT2D eigenvalue weighted by atomic mass is 32.2. The molecule has 1 N–H and O–H groups in total. The van der Waals surface area contributed by atoms with Gasteiger partial charge in [0.1, 0.15) is 5.75 Å². The molecule has 1 saturated heterocycles. The summed E-state index contributed by atoms with van der Waals surface area (Å²) in [4.78, 5) is 14.4. The summed E-state index contributed by atoms with van der Waals surface area (Å²) in [6.07, 6.45) is 2.74. The summed E-state index contributed by atoms with van der Waals surface area (Å²) in [5, 5.41) is 11.8. The molecule has 0 saturated carbocycles. The average molecular weight is 376 g/mol. The summed E-state index contributed by atoms with van der Waals surface area (Å²) in [6.45, 7) is 3.45. The van der Waals surface area contributed by atoms with Gasteiger partial charge in [-0.2, -0.15) is 0 Å². The Morgan fingerprint density at radius 2 is 2.19 bits per heavy atom. The minimum Gasteiger partial charge on any atom is -0.497 e. The maximum absolute atomic E-state index is 12.5. The zero-order chi connectivity index (χ0) is 18.4. The smallest absolute Gasteiger partial charge is 0.277 e. The van der Waals surface area contributed by atoms with Gasteiger partial charge in [0.25, 0.3) is 5.22 Å². The number of hydrogen-bond acceptors (Lipinski definition) is 7. The van der Waals surface area contributed by atoms with Crippen LogP contribution in [-0.4, -0.2) is 53.0 Å². The second kappa shape index (κ2) is 8.93. The Balaban J connectivity index is 1.49. The first-order valence-electron chi connectivity index (χ1n) is 8.81. The van der Waals surface area contributed by atoms with Gasteiger partial charge in [-0.3, -0.25) is 4.79 Å². The van der Waals surface area contributed by atoms with Gasteiger partial charge in [-0.05, 0) is 37.1 Å². The van der Waals surface area contributed by atoms with E-state index in [0.717, 1.165) is 30.8 Å². The van der Waals surface area contributed by atoms with E-state index < -0.39 is 0 Å². The molecule has 26 heavy (non-hydrogen) atoms. The van der Waals surface area contributed by atoms with Gasteiger partial charge in [-0.15, -0.1) is 10.2 Å². The van der Waals surface area contributed by atoms with Gasteiger partial charge >= 0.3 is 0 Å². The number of methoxy groups -OCH3 is 1. The molecule has 0 bridgehead atoms. The Morgan fingerprint density at radius 1 is 1.38 bits per heavy atom. The highest BCUT2D eigenvalue weighted by Gasteiger charge is 2.24. The molecule has 1 fully saturated rings. The molecule has 0 radical (unpaired) electrons. The van der Waals surface area contributed by atoms with Crippen molar-refractivity contribution in [1.29, 1.82) is 0 Å². The molecule has 1 amide bonds.